The lowest BCUT2D eigenvalue weighted by Gasteiger charge is -2.08. The number of carboxylic acids is 1. The van der Waals surface area contributed by atoms with Crippen LogP contribution in [0.15, 0.2) is 30.7 Å². The number of carbonyl (C=O) groups is 1. The Morgan fingerprint density at radius 2 is 2.19 bits per heavy atom. The molecule has 0 unspecified atom stereocenters. The largest absolute Gasteiger partial charge is 0.478 e. The van der Waals surface area contributed by atoms with Gasteiger partial charge < -0.3 is 9.84 Å². The van der Waals surface area contributed by atoms with Crippen molar-refractivity contribution in [3.8, 4) is 11.6 Å². The van der Waals surface area contributed by atoms with Crippen LogP contribution in [-0.2, 0) is 7.05 Å². The molecule has 7 nitrogen and oxygen atoms in total. The zero-order valence-electron chi connectivity index (χ0n) is 10.8. The average Bonchev–Trinajstić information content (AvgIpc) is 2.82. The van der Waals surface area contributed by atoms with Crippen molar-refractivity contribution in [3.63, 3.8) is 0 Å². The fourth-order valence-corrected chi connectivity index (χ4v) is 1.88. The van der Waals surface area contributed by atoms with Crippen LogP contribution >= 0.6 is 0 Å². The summed E-state index contributed by atoms with van der Waals surface area (Å²) in [5, 5.41) is 13.6. The summed E-state index contributed by atoms with van der Waals surface area (Å²) < 4.78 is 20.3. The Bertz CT molecular complexity index is 847. The van der Waals surface area contributed by atoms with Crippen molar-refractivity contribution < 1.29 is 19.0 Å². The van der Waals surface area contributed by atoms with Crippen LogP contribution in [0.2, 0.25) is 0 Å². The van der Waals surface area contributed by atoms with Crippen molar-refractivity contribution in [2.24, 2.45) is 7.05 Å². The normalized spacial score (nSPS) is 10.8. The van der Waals surface area contributed by atoms with Gasteiger partial charge in [0.05, 0.1) is 6.20 Å². The number of benzene rings is 1. The smallest absolute Gasteiger partial charge is 0.339 e. The molecule has 1 N–H and O–H groups in total. The lowest BCUT2D eigenvalue weighted by atomic mass is 10.2. The topological polar surface area (TPSA) is 90.1 Å². The van der Waals surface area contributed by atoms with Crippen LogP contribution in [0, 0.1) is 5.82 Å². The zero-order chi connectivity index (χ0) is 15.0. The van der Waals surface area contributed by atoms with Gasteiger partial charge in [0.25, 0.3) is 0 Å². The molecule has 106 valence electrons. The standard InChI is InChI=1S/C13H9FN4O3/c1-18-11-9(5-17-18)12(16-6-15-11)21-10-4-7(14)2-3-8(10)13(19)20/h2-6H,1H3,(H,19,20). The van der Waals surface area contributed by atoms with Crippen LogP contribution in [0.1, 0.15) is 10.4 Å². The summed E-state index contributed by atoms with van der Waals surface area (Å²) in [5.41, 5.74) is 0.361. The van der Waals surface area contributed by atoms with Gasteiger partial charge in [0, 0.05) is 13.1 Å². The highest BCUT2D eigenvalue weighted by Gasteiger charge is 2.16. The molecular formula is C13H9FN4O3. The van der Waals surface area contributed by atoms with Gasteiger partial charge in [-0.2, -0.15) is 5.10 Å². The maximum atomic E-state index is 13.3. The van der Waals surface area contributed by atoms with Crippen LogP contribution in [0.25, 0.3) is 11.0 Å². The zero-order valence-corrected chi connectivity index (χ0v) is 10.8. The molecule has 0 aliphatic rings. The number of nitrogens with zero attached hydrogens (tertiary/aromatic N) is 4. The Morgan fingerprint density at radius 3 is 2.95 bits per heavy atom. The summed E-state index contributed by atoms with van der Waals surface area (Å²) in [7, 11) is 1.70. The first kappa shape index (κ1) is 13.0. The van der Waals surface area contributed by atoms with E-state index >= 15 is 0 Å². The number of aromatic carboxylic acids is 1. The van der Waals surface area contributed by atoms with Gasteiger partial charge in [-0.1, -0.05) is 0 Å². The summed E-state index contributed by atoms with van der Waals surface area (Å²) in [6, 6.07) is 3.18. The second-order valence-electron chi connectivity index (χ2n) is 4.23. The van der Waals surface area contributed by atoms with Crippen molar-refractivity contribution in [3.05, 3.63) is 42.1 Å². The maximum Gasteiger partial charge on any atom is 0.339 e. The van der Waals surface area contributed by atoms with Crippen molar-refractivity contribution >= 4 is 17.0 Å². The molecule has 0 aliphatic carbocycles. The van der Waals surface area contributed by atoms with Crippen molar-refractivity contribution in [2.45, 2.75) is 0 Å². The first-order valence-electron chi connectivity index (χ1n) is 5.89. The number of aryl methyl sites for hydroxylation is 1. The van der Waals surface area contributed by atoms with Gasteiger partial charge in [0.1, 0.15) is 28.8 Å². The number of rotatable bonds is 3. The Morgan fingerprint density at radius 1 is 1.38 bits per heavy atom. The minimum Gasteiger partial charge on any atom is -0.478 e. The summed E-state index contributed by atoms with van der Waals surface area (Å²) >= 11 is 0. The molecule has 0 saturated carbocycles. The third-order valence-corrected chi connectivity index (χ3v) is 2.87. The second-order valence-corrected chi connectivity index (χ2v) is 4.23. The monoisotopic (exact) mass is 288 g/mol. The molecule has 0 amide bonds. The molecule has 8 heteroatoms. The van der Waals surface area contributed by atoms with Crippen LogP contribution in [0.3, 0.4) is 0 Å². The van der Waals surface area contributed by atoms with Gasteiger partial charge in [-0.25, -0.2) is 19.2 Å². The average molecular weight is 288 g/mol. The summed E-state index contributed by atoms with van der Waals surface area (Å²) in [4.78, 5) is 19.1. The van der Waals surface area contributed by atoms with Crippen LogP contribution < -0.4 is 4.74 Å². The Labute approximate surface area is 117 Å². The van der Waals surface area contributed by atoms with Gasteiger partial charge in [0.2, 0.25) is 5.88 Å². The van der Waals surface area contributed by atoms with E-state index in [4.69, 9.17) is 9.84 Å². The fourth-order valence-electron chi connectivity index (χ4n) is 1.88. The number of fused-ring (bicyclic) bond motifs is 1. The molecular weight excluding hydrogens is 279 g/mol. The molecule has 21 heavy (non-hydrogen) atoms. The third kappa shape index (κ3) is 2.27. The number of ether oxygens (including phenoxy) is 1. The number of aromatic nitrogens is 4. The van der Waals surface area contributed by atoms with Crippen molar-refractivity contribution in [1.29, 1.82) is 0 Å². The number of hydrogen-bond donors (Lipinski definition) is 1. The summed E-state index contributed by atoms with van der Waals surface area (Å²) in [5.74, 6) is -1.85. The molecule has 2 aromatic heterocycles. The van der Waals surface area contributed by atoms with E-state index < -0.39 is 11.8 Å². The van der Waals surface area contributed by atoms with Crippen LogP contribution in [-0.4, -0.2) is 30.8 Å². The predicted octanol–water partition coefficient (Wildman–Crippen LogP) is 1.99. The van der Waals surface area contributed by atoms with Crippen LogP contribution in [0.4, 0.5) is 4.39 Å². The molecule has 3 rings (SSSR count). The molecule has 2 heterocycles. The minimum atomic E-state index is -1.22. The molecule has 0 radical (unpaired) electrons. The van der Waals surface area contributed by atoms with Crippen molar-refractivity contribution in [1.82, 2.24) is 19.7 Å². The van der Waals surface area contributed by atoms with Gasteiger partial charge in [0.15, 0.2) is 5.65 Å². The quantitative estimate of drug-likeness (QED) is 0.792. The van der Waals surface area contributed by atoms with E-state index in [1.807, 2.05) is 0 Å². The molecule has 0 atom stereocenters. The Balaban J connectivity index is 2.10. The van der Waals surface area contributed by atoms with E-state index in [1.54, 1.807) is 7.05 Å². The van der Waals surface area contributed by atoms with Gasteiger partial charge in [-0.05, 0) is 12.1 Å². The van der Waals surface area contributed by atoms with E-state index in [2.05, 4.69) is 15.1 Å². The number of halogens is 1. The third-order valence-electron chi connectivity index (χ3n) is 2.87. The number of hydrogen-bond acceptors (Lipinski definition) is 5. The molecule has 0 bridgehead atoms. The van der Waals surface area contributed by atoms with Crippen molar-refractivity contribution in [2.75, 3.05) is 0 Å². The minimum absolute atomic E-state index is 0.112. The van der Waals surface area contributed by atoms with E-state index in [1.165, 1.54) is 17.2 Å². The first-order valence-corrected chi connectivity index (χ1v) is 5.89. The predicted molar refractivity (Wildman–Crippen MR) is 69.7 cm³/mol. The number of carboxylic acid groups (broad SMARTS) is 1. The highest BCUT2D eigenvalue weighted by Crippen LogP contribution is 2.29. The summed E-state index contributed by atoms with van der Waals surface area (Å²) in [6.45, 7) is 0. The van der Waals surface area contributed by atoms with Gasteiger partial charge >= 0.3 is 5.97 Å². The first-order chi connectivity index (χ1) is 10.1. The van der Waals surface area contributed by atoms with E-state index in [9.17, 15) is 9.18 Å². The van der Waals surface area contributed by atoms with E-state index in [0.717, 1.165) is 18.2 Å². The SMILES string of the molecule is Cn1ncc2c(Oc3cc(F)ccc3C(=O)O)ncnc21. The molecule has 0 spiro atoms. The molecule has 3 aromatic rings. The molecule has 0 fully saturated rings. The molecule has 0 saturated heterocycles. The highest BCUT2D eigenvalue weighted by atomic mass is 19.1. The Kier molecular flexibility index (Phi) is 2.98. The second kappa shape index (κ2) is 4.82. The van der Waals surface area contributed by atoms with Gasteiger partial charge in [-0.15, -0.1) is 0 Å². The lowest BCUT2D eigenvalue weighted by Crippen LogP contribution is -2.01. The van der Waals surface area contributed by atoms with E-state index in [0.29, 0.717) is 11.0 Å². The van der Waals surface area contributed by atoms with E-state index in [-0.39, 0.29) is 17.2 Å². The van der Waals surface area contributed by atoms with Crippen LogP contribution in [0.5, 0.6) is 11.6 Å². The Hall–Kier alpha value is -3.03. The fraction of sp³-hybridized carbons (Fsp3) is 0.0769. The molecule has 0 aliphatic heterocycles. The molecule has 1 aromatic carbocycles. The van der Waals surface area contributed by atoms with Gasteiger partial charge in [-0.3, -0.25) is 4.68 Å². The lowest BCUT2D eigenvalue weighted by molar-refractivity contribution is 0.0694. The highest BCUT2D eigenvalue weighted by molar-refractivity contribution is 5.91. The summed E-state index contributed by atoms with van der Waals surface area (Å²) in [6.07, 6.45) is 2.75. The maximum absolute atomic E-state index is 13.3.